The molecule has 1 aliphatic rings. The number of aromatic nitrogens is 2. The van der Waals surface area contributed by atoms with Crippen LogP contribution in [0.1, 0.15) is 25.7 Å². The lowest BCUT2D eigenvalue weighted by Gasteiger charge is -2.25. The molecule has 1 saturated carbocycles. The zero-order valence-electron chi connectivity index (χ0n) is 14.2. The third-order valence-corrected chi connectivity index (χ3v) is 5.47. The number of aryl methyl sites for hydroxylation is 1. The number of sulfonamides is 1. The normalized spacial score (nSPS) is 16.0. The van der Waals surface area contributed by atoms with Crippen LogP contribution in [0, 0.1) is 5.92 Å². The second-order valence-corrected chi connectivity index (χ2v) is 7.94. The summed E-state index contributed by atoms with van der Waals surface area (Å²) in [5, 5.41) is 10.3. The van der Waals surface area contributed by atoms with E-state index >= 15 is 0 Å². The van der Waals surface area contributed by atoms with Gasteiger partial charge in [0, 0.05) is 45.6 Å². The van der Waals surface area contributed by atoms with Crippen LogP contribution >= 0.6 is 0 Å². The first kappa shape index (κ1) is 18.7. The smallest absolute Gasteiger partial charge is 0.213 e. The molecule has 0 aromatic carbocycles. The number of nitrogens with zero attached hydrogens (tertiary/aromatic N) is 3. The van der Waals surface area contributed by atoms with E-state index < -0.39 is 10.0 Å². The summed E-state index contributed by atoms with van der Waals surface area (Å²) in [4.78, 5) is 4.10. The van der Waals surface area contributed by atoms with E-state index in [4.69, 9.17) is 0 Å². The summed E-state index contributed by atoms with van der Waals surface area (Å²) in [5.41, 5.74) is 0. The Balaban J connectivity index is 1.56. The molecule has 1 fully saturated rings. The molecule has 3 N–H and O–H groups in total. The highest BCUT2D eigenvalue weighted by Crippen LogP contribution is 2.25. The Morgan fingerprint density at radius 1 is 1.33 bits per heavy atom. The average molecular weight is 356 g/mol. The molecule has 0 bridgehead atoms. The molecule has 0 saturated heterocycles. The lowest BCUT2D eigenvalue weighted by Crippen LogP contribution is -2.42. The molecule has 8 nitrogen and oxygen atoms in total. The summed E-state index contributed by atoms with van der Waals surface area (Å²) in [6.45, 7) is 2.48. The summed E-state index contributed by atoms with van der Waals surface area (Å²) in [5.74, 6) is 1.19. The molecule has 9 heteroatoms. The number of rotatable bonds is 10. The Morgan fingerprint density at radius 3 is 2.75 bits per heavy atom. The van der Waals surface area contributed by atoms with Gasteiger partial charge in [-0.3, -0.25) is 9.67 Å². The van der Waals surface area contributed by atoms with Crippen LogP contribution in [0.15, 0.2) is 23.5 Å². The first-order valence-electron chi connectivity index (χ1n) is 8.48. The van der Waals surface area contributed by atoms with Crippen LogP contribution in [-0.2, 0) is 16.6 Å². The van der Waals surface area contributed by atoms with Gasteiger partial charge in [-0.1, -0.05) is 6.42 Å². The largest absolute Gasteiger partial charge is 0.356 e. The molecule has 1 aliphatic carbocycles. The van der Waals surface area contributed by atoms with E-state index in [1.165, 1.54) is 6.42 Å². The Hall–Kier alpha value is -1.61. The van der Waals surface area contributed by atoms with Crippen molar-refractivity contribution < 1.29 is 8.42 Å². The molecule has 2 rings (SSSR count). The fourth-order valence-electron chi connectivity index (χ4n) is 2.42. The van der Waals surface area contributed by atoms with Gasteiger partial charge in [0.2, 0.25) is 10.0 Å². The SMILES string of the molecule is CN=C(NCCCn1cccn1)NCCS(=O)(=O)NCC1CCC1. The Morgan fingerprint density at radius 2 is 2.12 bits per heavy atom. The fourth-order valence-corrected chi connectivity index (χ4v) is 3.42. The van der Waals surface area contributed by atoms with Gasteiger partial charge in [0.25, 0.3) is 0 Å². The molecular formula is C15H28N6O2S. The monoisotopic (exact) mass is 356 g/mol. The summed E-state index contributed by atoms with van der Waals surface area (Å²) >= 11 is 0. The molecule has 0 aliphatic heterocycles. The molecule has 1 heterocycles. The predicted molar refractivity (Wildman–Crippen MR) is 95.3 cm³/mol. The third-order valence-electron chi connectivity index (χ3n) is 4.12. The van der Waals surface area contributed by atoms with Gasteiger partial charge < -0.3 is 10.6 Å². The standard InChI is InChI=1S/C15H28N6O2S/c1-16-15(17-7-3-10-21-11-4-8-19-21)18-9-12-24(22,23)20-13-14-5-2-6-14/h4,8,11,14,20H,2-3,5-7,9-10,12-13H2,1H3,(H2,16,17,18). The van der Waals surface area contributed by atoms with Gasteiger partial charge in [-0.15, -0.1) is 0 Å². The molecule has 0 radical (unpaired) electrons. The maximum absolute atomic E-state index is 11.9. The molecular weight excluding hydrogens is 328 g/mol. The maximum Gasteiger partial charge on any atom is 0.213 e. The third kappa shape index (κ3) is 6.88. The van der Waals surface area contributed by atoms with E-state index in [0.717, 1.165) is 32.4 Å². The number of guanidine groups is 1. The van der Waals surface area contributed by atoms with Gasteiger partial charge >= 0.3 is 0 Å². The van der Waals surface area contributed by atoms with Crippen LogP contribution in [0.25, 0.3) is 0 Å². The second kappa shape index (κ2) is 9.63. The fraction of sp³-hybridized carbons (Fsp3) is 0.733. The van der Waals surface area contributed by atoms with Crippen LogP contribution in [0.4, 0.5) is 0 Å². The number of hydrogen-bond donors (Lipinski definition) is 3. The van der Waals surface area contributed by atoms with Gasteiger partial charge in [-0.05, 0) is 31.2 Å². The summed E-state index contributed by atoms with van der Waals surface area (Å²) < 4.78 is 28.4. The highest BCUT2D eigenvalue weighted by Gasteiger charge is 2.19. The molecule has 0 atom stereocenters. The van der Waals surface area contributed by atoms with E-state index in [2.05, 4.69) is 25.4 Å². The molecule has 136 valence electrons. The van der Waals surface area contributed by atoms with Crippen molar-refractivity contribution in [1.29, 1.82) is 0 Å². The molecule has 0 unspecified atom stereocenters. The zero-order chi connectivity index (χ0) is 17.3. The Kier molecular flexibility index (Phi) is 7.51. The van der Waals surface area contributed by atoms with Gasteiger partial charge in [0.1, 0.15) is 0 Å². The van der Waals surface area contributed by atoms with Crippen molar-refractivity contribution in [1.82, 2.24) is 25.1 Å². The minimum Gasteiger partial charge on any atom is -0.356 e. The quantitative estimate of drug-likeness (QED) is 0.315. The van der Waals surface area contributed by atoms with Crippen molar-refractivity contribution in [2.24, 2.45) is 10.9 Å². The summed E-state index contributed by atoms with van der Waals surface area (Å²) in [7, 11) is -1.55. The lowest BCUT2D eigenvalue weighted by atomic mass is 9.86. The van der Waals surface area contributed by atoms with E-state index in [9.17, 15) is 8.42 Å². The number of hydrogen-bond acceptors (Lipinski definition) is 4. The molecule has 1 aromatic heterocycles. The minimum absolute atomic E-state index is 0.0493. The highest BCUT2D eigenvalue weighted by molar-refractivity contribution is 7.89. The molecule has 24 heavy (non-hydrogen) atoms. The van der Waals surface area contributed by atoms with E-state index in [1.54, 1.807) is 13.2 Å². The summed E-state index contributed by atoms with van der Waals surface area (Å²) in [6, 6.07) is 1.90. The number of nitrogens with one attached hydrogen (secondary N) is 3. The first-order valence-corrected chi connectivity index (χ1v) is 10.1. The number of aliphatic imine (C=N–C) groups is 1. The van der Waals surface area contributed by atoms with Crippen molar-refractivity contribution in [3.63, 3.8) is 0 Å². The van der Waals surface area contributed by atoms with Crippen LogP contribution in [0.3, 0.4) is 0 Å². The minimum atomic E-state index is -3.22. The van der Waals surface area contributed by atoms with Crippen LogP contribution < -0.4 is 15.4 Å². The van der Waals surface area contributed by atoms with E-state index in [1.807, 2.05) is 16.9 Å². The van der Waals surface area contributed by atoms with Gasteiger partial charge in [-0.2, -0.15) is 5.10 Å². The second-order valence-electron chi connectivity index (χ2n) is 6.01. The van der Waals surface area contributed by atoms with Crippen LogP contribution in [-0.4, -0.2) is 56.6 Å². The van der Waals surface area contributed by atoms with Crippen LogP contribution in [0.5, 0.6) is 0 Å². The van der Waals surface area contributed by atoms with Crippen molar-refractivity contribution in [3.05, 3.63) is 18.5 Å². The van der Waals surface area contributed by atoms with Crippen molar-refractivity contribution in [3.8, 4) is 0 Å². The molecule has 1 aromatic rings. The molecule has 0 spiro atoms. The topological polar surface area (TPSA) is 100 Å². The van der Waals surface area contributed by atoms with Crippen molar-refractivity contribution >= 4 is 16.0 Å². The average Bonchev–Trinajstić information content (AvgIpc) is 3.01. The Bertz CT molecular complexity index is 595. The predicted octanol–water partition coefficient (Wildman–Crippen LogP) is 0.158. The van der Waals surface area contributed by atoms with E-state index in [0.29, 0.717) is 25.0 Å². The van der Waals surface area contributed by atoms with Crippen molar-refractivity contribution in [2.75, 3.05) is 32.4 Å². The van der Waals surface area contributed by atoms with E-state index in [-0.39, 0.29) is 5.75 Å². The van der Waals surface area contributed by atoms with Gasteiger partial charge in [-0.25, -0.2) is 13.1 Å². The van der Waals surface area contributed by atoms with Gasteiger partial charge in [0.05, 0.1) is 5.75 Å². The first-order chi connectivity index (χ1) is 11.6. The lowest BCUT2D eigenvalue weighted by molar-refractivity contribution is 0.316. The van der Waals surface area contributed by atoms with Gasteiger partial charge in [0.15, 0.2) is 5.96 Å². The van der Waals surface area contributed by atoms with Crippen molar-refractivity contribution in [2.45, 2.75) is 32.2 Å². The maximum atomic E-state index is 11.9. The van der Waals surface area contributed by atoms with Crippen LogP contribution in [0.2, 0.25) is 0 Å². The highest BCUT2D eigenvalue weighted by atomic mass is 32.2. The zero-order valence-corrected chi connectivity index (χ0v) is 15.1. The Labute approximate surface area is 144 Å². The summed E-state index contributed by atoms with van der Waals surface area (Å²) in [6.07, 6.45) is 8.08. The molecule has 0 amide bonds.